The molecule has 0 saturated carbocycles. The Bertz CT molecular complexity index is 541. The number of carbonyl (C=O) groups is 1. The van der Waals surface area contributed by atoms with E-state index in [0.29, 0.717) is 18.2 Å². The number of morpholine rings is 1. The van der Waals surface area contributed by atoms with Crippen molar-refractivity contribution in [3.8, 4) is 0 Å². The summed E-state index contributed by atoms with van der Waals surface area (Å²) in [6.07, 6.45) is 2.13. The molecule has 1 aromatic carbocycles. The van der Waals surface area contributed by atoms with E-state index in [-0.39, 0.29) is 5.97 Å². The molecule has 1 fully saturated rings. The molecule has 1 aliphatic carbocycles. The van der Waals surface area contributed by atoms with Crippen molar-refractivity contribution in [1.82, 2.24) is 10.2 Å². The number of benzene rings is 1. The predicted octanol–water partition coefficient (Wildman–Crippen LogP) is 1.77. The van der Waals surface area contributed by atoms with Gasteiger partial charge in [0.1, 0.15) is 0 Å². The molecule has 0 bridgehead atoms. The van der Waals surface area contributed by atoms with Gasteiger partial charge in [0.15, 0.2) is 0 Å². The number of hydrogen-bond acceptors (Lipinski definition) is 5. The third kappa shape index (κ3) is 4.10. The lowest BCUT2D eigenvalue weighted by Gasteiger charge is -2.27. The van der Waals surface area contributed by atoms with Crippen LogP contribution in [0.4, 0.5) is 0 Å². The van der Waals surface area contributed by atoms with E-state index in [4.69, 9.17) is 9.47 Å². The monoisotopic (exact) mass is 318 g/mol. The van der Waals surface area contributed by atoms with Crippen LogP contribution >= 0.6 is 0 Å². The standard InChI is InChI=1S/C18H26N2O3/c1-2-23-18(21)15-3-5-16-14(13-15)4-6-17(16)19-7-8-20-9-11-22-12-10-20/h3,5,13,17,19H,2,4,6-12H2,1H3. The third-order valence-corrected chi connectivity index (χ3v) is 4.65. The molecule has 0 aromatic heterocycles. The summed E-state index contributed by atoms with van der Waals surface area (Å²) in [6.45, 7) is 8.07. The minimum absolute atomic E-state index is 0.223. The summed E-state index contributed by atoms with van der Waals surface area (Å²) < 4.78 is 10.5. The van der Waals surface area contributed by atoms with Crippen LogP contribution in [0.3, 0.4) is 0 Å². The van der Waals surface area contributed by atoms with Gasteiger partial charge in [-0.3, -0.25) is 4.90 Å². The molecule has 1 N–H and O–H groups in total. The number of nitrogens with one attached hydrogen (secondary N) is 1. The minimum Gasteiger partial charge on any atom is -0.462 e. The number of carbonyl (C=O) groups excluding carboxylic acids is 1. The summed E-state index contributed by atoms with van der Waals surface area (Å²) in [4.78, 5) is 14.3. The van der Waals surface area contributed by atoms with Crippen LogP contribution in [0.15, 0.2) is 18.2 Å². The number of nitrogens with zero attached hydrogens (tertiary/aromatic N) is 1. The van der Waals surface area contributed by atoms with Crippen LogP contribution in [0, 0.1) is 0 Å². The zero-order chi connectivity index (χ0) is 16.1. The Morgan fingerprint density at radius 1 is 1.39 bits per heavy atom. The Labute approximate surface area is 137 Å². The fourth-order valence-electron chi connectivity index (χ4n) is 3.39. The maximum atomic E-state index is 11.8. The van der Waals surface area contributed by atoms with Crippen LogP contribution < -0.4 is 5.32 Å². The van der Waals surface area contributed by atoms with Gasteiger partial charge in [-0.1, -0.05) is 6.07 Å². The quantitative estimate of drug-likeness (QED) is 0.810. The molecule has 5 heteroatoms. The van der Waals surface area contributed by atoms with Gasteiger partial charge in [-0.05, 0) is 43.0 Å². The van der Waals surface area contributed by atoms with Crippen LogP contribution in [-0.4, -0.2) is 56.9 Å². The molecule has 1 heterocycles. The van der Waals surface area contributed by atoms with E-state index in [1.54, 1.807) is 0 Å². The number of esters is 1. The Morgan fingerprint density at radius 3 is 3.00 bits per heavy atom. The van der Waals surface area contributed by atoms with Gasteiger partial charge in [0.25, 0.3) is 0 Å². The Hall–Kier alpha value is -1.43. The maximum absolute atomic E-state index is 11.8. The predicted molar refractivity (Wildman–Crippen MR) is 88.7 cm³/mol. The lowest BCUT2D eigenvalue weighted by Crippen LogP contribution is -2.40. The molecule has 5 nitrogen and oxygen atoms in total. The van der Waals surface area contributed by atoms with E-state index in [2.05, 4.69) is 16.3 Å². The average Bonchev–Trinajstić information content (AvgIpc) is 2.98. The van der Waals surface area contributed by atoms with Crippen LogP contribution in [0.2, 0.25) is 0 Å². The number of rotatable bonds is 6. The van der Waals surface area contributed by atoms with Crippen LogP contribution in [0.25, 0.3) is 0 Å². The zero-order valence-corrected chi connectivity index (χ0v) is 13.8. The fraction of sp³-hybridized carbons (Fsp3) is 0.611. The van der Waals surface area contributed by atoms with E-state index in [9.17, 15) is 4.79 Å². The van der Waals surface area contributed by atoms with Crippen molar-refractivity contribution in [3.05, 3.63) is 34.9 Å². The van der Waals surface area contributed by atoms with E-state index in [0.717, 1.165) is 52.2 Å². The molecule has 2 aliphatic rings. The Kier molecular flexibility index (Phi) is 5.65. The number of aryl methyl sites for hydroxylation is 1. The van der Waals surface area contributed by atoms with E-state index >= 15 is 0 Å². The van der Waals surface area contributed by atoms with Crippen LogP contribution in [0.5, 0.6) is 0 Å². The number of hydrogen-bond donors (Lipinski definition) is 1. The lowest BCUT2D eigenvalue weighted by molar-refractivity contribution is 0.0381. The summed E-state index contributed by atoms with van der Waals surface area (Å²) in [6, 6.07) is 6.37. The highest BCUT2D eigenvalue weighted by Crippen LogP contribution is 2.31. The van der Waals surface area contributed by atoms with Crippen molar-refractivity contribution >= 4 is 5.97 Å². The highest BCUT2D eigenvalue weighted by Gasteiger charge is 2.23. The Balaban J connectivity index is 1.53. The van der Waals surface area contributed by atoms with Crippen LogP contribution in [-0.2, 0) is 15.9 Å². The van der Waals surface area contributed by atoms with E-state index in [1.807, 2.05) is 19.1 Å². The first-order valence-corrected chi connectivity index (χ1v) is 8.61. The molecule has 1 atom stereocenters. The first kappa shape index (κ1) is 16.4. The van der Waals surface area contributed by atoms with E-state index in [1.165, 1.54) is 11.1 Å². The highest BCUT2D eigenvalue weighted by atomic mass is 16.5. The summed E-state index contributed by atoms with van der Waals surface area (Å²) in [5.74, 6) is -0.223. The molecule has 1 aliphatic heterocycles. The van der Waals surface area contributed by atoms with Gasteiger partial charge >= 0.3 is 5.97 Å². The first-order chi connectivity index (χ1) is 11.3. The zero-order valence-electron chi connectivity index (χ0n) is 13.8. The van der Waals surface area contributed by atoms with Gasteiger partial charge in [-0.2, -0.15) is 0 Å². The Morgan fingerprint density at radius 2 is 2.22 bits per heavy atom. The van der Waals surface area contributed by atoms with Crippen LogP contribution in [0.1, 0.15) is 40.9 Å². The summed E-state index contributed by atoms with van der Waals surface area (Å²) in [7, 11) is 0. The van der Waals surface area contributed by atoms with Crippen molar-refractivity contribution in [2.75, 3.05) is 46.0 Å². The van der Waals surface area contributed by atoms with Gasteiger partial charge in [0, 0.05) is 32.2 Å². The van der Waals surface area contributed by atoms with Gasteiger partial charge in [-0.25, -0.2) is 4.79 Å². The third-order valence-electron chi connectivity index (χ3n) is 4.65. The molecule has 1 aromatic rings. The summed E-state index contributed by atoms with van der Waals surface area (Å²) in [5, 5.41) is 3.66. The number of ether oxygens (including phenoxy) is 2. The molecular weight excluding hydrogens is 292 g/mol. The fourth-order valence-corrected chi connectivity index (χ4v) is 3.39. The van der Waals surface area contributed by atoms with Gasteiger partial charge in [0.05, 0.1) is 25.4 Å². The first-order valence-electron chi connectivity index (χ1n) is 8.61. The molecule has 0 spiro atoms. The number of fused-ring (bicyclic) bond motifs is 1. The highest BCUT2D eigenvalue weighted by molar-refractivity contribution is 5.89. The molecule has 23 heavy (non-hydrogen) atoms. The van der Waals surface area contributed by atoms with Crippen molar-refractivity contribution < 1.29 is 14.3 Å². The van der Waals surface area contributed by atoms with Crippen molar-refractivity contribution in [2.45, 2.75) is 25.8 Å². The molecular formula is C18H26N2O3. The summed E-state index contributed by atoms with van der Waals surface area (Å²) in [5.41, 5.74) is 3.28. The van der Waals surface area contributed by atoms with Crippen molar-refractivity contribution in [1.29, 1.82) is 0 Å². The van der Waals surface area contributed by atoms with Gasteiger partial charge in [-0.15, -0.1) is 0 Å². The molecule has 0 amide bonds. The molecule has 1 saturated heterocycles. The minimum atomic E-state index is -0.223. The molecule has 126 valence electrons. The lowest BCUT2D eigenvalue weighted by atomic mass is 10.0. The van der Waals surface area contributed by atoms with E-state index < -0.39 is 0 Å². The SMILES string of the molecule is CCOC(=O)c1ccc2c(c1)CCC2NCCN1CCOCC1. The van der Waals surface area contributed by atoms with Gasteiger partial charge in [0.2, 0.25) is 0 Å². The summed E-state index contributed by atoms with van der Waals surface area (Å²) >= 11 is 0. The molecule has 0 radical (unpaired) electrons. The smallest absolute Gasteiger partial charge is 0.338 e. The maximum Gasteiger partial charge on any atom is 0.338 e. The molecule has 1 unspecified atom stereocenters. The van der Waals surface area contributed by atoms with Crippen molar-refractivity contribution in [3.63, 3.8) is 0 Å². The second kappa shape index (κ2) is 7.90. The second-order valence-electron chi connectivity index (χ2n) is 6.13. The normalized spacial score (nSPS) is 21.2. The topological polar surface area (TPSA) is 50.8 Å². The van der Waals surface area contributed by atoms with Crippen molar-refractivity contribution in [2.24, 2.45) is 0 Å². The largest absolute Gasteiger partial charge is 0.462 e. The average molecular weight is 318 g/mol. The second-order valence-corrected chi connectivity index (χ2v) is 6.13. The molecule has 3 rings (SSSR count). The van der Waals surface area contributed by atoms with Gasteiger partial charge < -0.3 is 14.8 Å².